The van der Waals surface area contributed by atoms with E-state index >= 15 is 0 Å². The Morgan fingerprint density at radius 2 is 0.914 bits per heavy atom. The first-order chi connectivity index (χ1) is 17.3. The van der Waals surface area contributed by atoms with Crippen LogP contribution in [0.1, 0.15) is 0 Å². The van der Waals surface area contributed by atoms with Crippen LogP contribution in [-0.4, -0.2) is 4.40 Å². The highest BCUT2D eigenvalue weighted by atomic mass is 14.9. The second-order valence-electron chi connectivity index (χ2n) is 9.43. The maximum Gasteiger partial charge on any atom is 0.0620 e. The van der Waals surface area contributed by atoms with E-state index in [9.17, 15) is 0 Å². The van der Waals surface area contributed by atoms with Crippen LogP contribution in [0, 0.1) is 0 Å². The molecule has 6 aromatic carbocycles. The summed E-state index contributed by atoms with van der Waals surface area (Å²) in [5.41, 5.74) is 8.86. The average molecular weight is 444 g/mol. The third-order valence-corrected chi connectivity index (χ3v) is 7.51. The summed E-state index contributed by atoms with van der Waals surface area (Å²) in [6, 6.07) is 46.5. The standard InChI is InChI=1S/C34H21N/c1-2-7-22(8-3-1)23-13-15-24(16-14-23)27-17-18-32-30(20-27)28-11-6-12-29-31-19-25-9-4-5-10-26(25)21-33(31)35(32)34(28)29/h1-21H. The summed E-state index contributed by atoms with van der Waals surface area (Å²) >= 11 is 0. The molecule has 162 valence electrons. The van der Waals surface area contributed by atoms with E-state index in [4.69, 9.17) is 0 Å². The molecule has 0 amide bonds. The van der Waals surface area contributed by atoms with Crippen LogP contribution in [0.2, 0.25) is 0 Å². The van der Waals surface area contributed by atoms with Crippen LogP contribution in [0.25, 0.3) is 71.1 Å². The van der Waals surface area contributed by atoms with Gasteiger partial charge in [-0.2, -0.15) is 0 Å². The van der Waals surface area contributed by atoms with Crippen molar-refractivity contribution in [1.82, 2.24) is 4.40 Å². The van der Waals surface area contributed by atoms with Crippen molar-refractivity contribution in [1.29, 1.82) is 0 Å². The topological polar surface area (TPSA) is 4.41 Å². The van der Waals surface area contributed by atoms with E-state index < -0.39 is 0 Å². The van der Waals surface area contributed by atoms with Gasteiger partial charge in [-0.05, 0) is 57.3 Å². The molecule has 2 heterocycles. The summed E-state index contributed by atoms with van der Waals surface area (Å²) in [6.45, 7) is 0. The zero-order valence-electron chi connectivity index (χ0n) is 19.1. The lowest BCUT2D eigenvalue weighted by Gasteiger charge is -2.06. The van der Waals surface area contributed by atoms with Gasteiger partial charge < -0.3 is 4.40 Å². The van der Waals surface area contributed by atoms with Gasteiger partial charge >= 0.3 is 0 Å². The van der Waals surface area contributed by atoms with Gasteiger partial charge in [0.2, 0.25) is 0 Å². The second kappa shape index (κ2) is 6.94. The molecule has 1 nitrogen and oxygen atoms in total. The lowest BCUT2D eigenvalue weighted by Crippen LogP contribution is -1.83. The molecule has 0 atom stereocenters. The molecule has 0 aliphatic heterocycles. The molecule has 0 radical (unpaired) electrons. The molecule has 8 rings (SSSR count). The van der Waals surface area contributed by atoms with Crippen molar-refractivity contribution < 1.29 is 0 Å². The minimum atomic E-state index is 1.24. The second-order valence-corrected chi connectivity index (χ2v) is 9.43. The highest BCUT2D eigenvalue weighted by Crippen LogP contribution is 2.41. The predicted molar refractivity (Wildman–Crippen MR) is 149 cm³/mol. The Balaban J connectivity index is 1.36. The van der Waals surface area contributed by atoms with E-state index in [0.29, 0.717) is 0 Å². The Morgan fingerprint density at radius 3 is 1.66 bits per heavy atom. The third kappa shape index (κ3) is 2.64. The largest absolute Gasteiger partial charge is 0.308 e. The maximum atomic E-state index is 2.46. The van der Waals surface area contributed by atoms with Crippen LogP contribution < -0.4 is 0 Å². The summed E-state index contributed by atoms with van der Waals surface area (Å²) in [5, 5.41) is 7.86. The van der Waals surface area contributed by atoms with Gasteiger partial charge in [0.1, 0.15) is 0 Å². The summed E-state index contributed by atoms with van der Waals surface area (Å²) in [5.74, 6) is 0. The maximum absolute atomic E-state index is 2.46. The summed E-state index contributed by atoms with van der Waals surface area (Å²) < 4.78 is 2.46. The van der Waals surface area contributed by atoms with Crippen molar-refractivity contribution in [3.63, 3.8) is 0 Å². The zero-order chi connectivity index (χ0) is 22.9. The van der Waals surface area contributed by atoms with Crippen LogP contribution in [0.3, 0.4) is 0 Å². The van der Waals surface area contributed by atoms with Crippen LogP contribution in [0.15, 0.2) is 127 Å². The van der Waals surface area contributed by atoms with E-state index in [1.165, 1.54) is 71.1 Å². The molecule has 0 bridgehead atoms. The normalized spacial score (nSPS) is 12.0. The average Bonchev–Trinajstić information content (AvgIpc) is 3.43. The SMILES string of the molecule is c1ccc(-c2ccc(-c3ccc4c(c3)c3cccc5c6cc7ccccc7cc6n4c35)cc2)cc1. The molecule has 8 aromatic rings. The number of aromatic nitrogens is 1. The quantitative estimate of drug-likeness (QED) is 0.251. The third-order valence-electron chi connectivity index (χ3n) is 7.51. The fourth-order valence-electron chi connectivity index (χ4n) is 5.83. The van der Waals surface area contributed by atoms with Crippen molar-refractivity contribution in [3.05, 3.63) is 127 Å². The van der Waals surface area contributed by atoms with Gasteiger partial charge in [-0.25, -0.2) is 0 Å². The fraction of sp³-hybridized carbons (Fsp3) is 0. The van der Waals surface area contributed by atoms with Gasteiger partial charge in [0.15, 0.2) is 0 Å². The molecular formula is C34H21N. The van der Waals surface area contributed by atoms with Gasteiger partial charge in [0.05, 0.1) is 16.6 Å². The lowest BCUT2D eigenvalue weighted by atomic mass is 9.98. The number of fused-ring (bicyclic) bond motifs is 7. The molecule has 0 aliphatic rings. The van der Waals surface area contributed by atoms with Crippen molar-refractivity contribution in [2.45, 2.75) is 0 Å². The van der Waals surface area contributed by atoms with E-state index in [1.54, 1.807) is 0 Å². The van der Waals surface area contributed by atoms with Crippen molar-refractivity contribution >= 4 is 48.9 Å². The number of benzene rings is 6. The molecule has 0 spiro atoms. The first kappa shape index (κ1) is 18.8. The summed E-state index contributed by atoms with van der Waals surface area (Å²) in [4.78, 5) is 0. The number of rotatable bonds is 2. The first-order valence-corrected chi connectivity index (χ1v) is 12.1. The number of hydrogen-bond donors (Lipinski definition) is 0. The Labute approximate surface area is 202 Å². The molecular weight excluding hydrogens is 422 g/mol. The molecule has 0 saturated heterocycles. The molecule has 0 N–H and O–H groups in total. The minimum absolute atomic E-state index is 1.24. The zero-order valence-corrected chi connectivity index (χ0v) is 19.1. The van der Waals surface area contributed by atoms with Crippen LogP contribution >= 0.6 is 0 Å². The summed E-state index contributed by atoms with van der Waals surface area (Å²) in [6.07, 6.45) is 0. The van der Waals surface area contributed by atoms with E-state index in [-0.39, 0.29) is 0 Å². The predicted octanol–water partition coefficient (Wildman–Crippen LogP) is 9.32. The van der Waals surface area contributed by atoms with Gasteiger partial charge in [-0.3, -0.25) is 0 Å². The van der Waals surface area contributed by atoms with E-state index in [1.807, 2.05) is 0 Å². The van der Waals surface area contributed by atoms with Crippen LogP contribution in [0.4, 0.5) is 0 Å². The Hall–Kier alpha value is -4.62. The van der Waals surface area contributed by atoms with Gasteiger partial charge in [-0.1, -0.05) is 103 Å². The molecule has 0 saturated carbocycles. The molecule has 2 aromatic heterocycles. The Kier molecular flexibility index (Phi) is 3.72. The van der Waals surface area contributed by atoms with Crippen molar-refractivity contribution in [3.8, 4) is 22.3 Å². The Morgan fingerprint density at radius 1 is 0.343 bits per heavy atom. The van der Waals surface area contributed by atoms with Gasteiger partial charge in [-0.15, -0.1) is 0 Å². The minimum Gasteiger partial charge on any atom is -0.308 e. The van der Waals surface area contributed by atoms with Crippen LogP contribution in [-0.2, 0) is 0 Å². The first-order valence-electron chi connectivity index (χ1n) is 12.1. The molecule has 35 heavy (non-hydrogen) atoms. The highest BCUT2D eigenvalue weighted by Gasteiger charge is 2.18. The smallest absolute Gasteiger partial charge is 0.0620 e. The number of nitrogens with zero attached hydrogens (tertiary/aromatic N) is 1. The van der Waals surface area contributed by atoms with Crippen molar-refractivity contribution in [2.75, 3.05) is 0 Å². The van der Waals surface area contributed by atoms with Gasteiger partial charge in [0, 0.05) is 21.5 Å². The summed E-state index contributed by atoms with van der Waals surface area (Å²) in [7, 11) is 0. The van der Waals surface area contributed by atoms with Gasteiger partial charge in [0.25, 0.3) is 0 Å². The van der Waals surface area contributed by atoms with Crippen molar-refractivity contribution in [2.24, 2.45) is 0 Å². The number of para-hydroxylation sites is 1. The monoisotopic (exact) mass is 443 g/mol. The van der Waals surface area contributed by atoms with E-state index in [2.05, 4.69) is 132 Å². The molecule has 0 aliphatic carbocycles. The fourth-order valence-corrected chi connectivity index (χ4v) is 5.83. The highest BCUT2D eigenvalue weighted by molar-refractivity contribution is 6.24. The van der Waals surface area contributed by atoms with Crippen LogP contribution in [0.5, 0.6) is 0 Å². The molecule has 1 heteroatoms. The van der Waals surface area contributed by atoms with E-state index in [0.717, 1.165) is 0 Å². The molecule has 0 fully saturated rings. The lowest BCUT2D eigenvalue weighted by molar-refractivity contribution is 1.37. The Bertz CT molecular complexity index is 2030. The molecule has 0 unspecified atom stereocenters. The number of hydrogen-bond acceptors (Lipinski definition) is 0.